The van der Waals surface area contributed by atoms with E-state index in [2.05, 4.69) is 36.1 Å². The van der Waals surface area contributed by atoms with Crippen LogP contribution in [0.5, 0.6) is 0 Å². The molecule has 1 aromatic rings. The Morgan fingerprint density at radius 2 is 2.06 bits per heavy atom. The molecule has 2 nitrogen and oxygen atoms in total. The predicted octanol–water partition coefficient (Wildman–Crippen LogP) is 2.73. The van der Waals surface area contributed by atoms with Crippen molar-refractivity contribution in [3.8, 4) is 0 Å². The van der Waals surface area contributed by atoms with Crippen LogP contribution in [0.3, 0.4) is 0 Å². The van der Waals surface area contributed by atoms with Crippen LogP contribution in [0, 0.1) is 6.92 Å². The number of nitrogens with zero attached hydrogens (tertiary/aromatic N) is 1. The summed E-state index contributed by atoms with van der Waals surface area (Å²) in [6.07, 6.45) is 5.29. The van der Waals surface area contributed by atoms with Gasteiger partial charge in [-0.3, -0.25) is 4.90 Å². The molecule has 17 heavy (non-hydrogen) atoms. The van der Waals surface area contributed by atoms with Gasteiger partial charge in [0.15, 0.2) is 0 Å². The zero-order valence-electron chi connectivity index (χ0n) is 10.7. The third-order valence-electron chi connectivity index (χ3n) is 3.70. The Kier molecular flexibility index (Phi) is 4.57. The number of aryl methyl sites for hydroxylation is 1. The van der Waals surface area contributed by atoms with Crippen molar-refractivity contribution in [3.63, 3.8) is 0 Å². The van der Waals surface area contributed by atoms with Crippen molar-refractivity contribution >= 4 is 0 Å². The first-order valence-electron chi connectivity index (χ1n) is 6.70. The van der Waals surface area contributed by atoms with Gasteiger partial charge < -0.3 is 5.11 Å². The molecule has 1 aromatic carbocycles. The average molecular weight is 233 g/mol. The molecule has 1 fully saturated rings. The van der Waals surface area contributed by atoms with E-state index >= 15 is 0 Å². The van der Waals surface area contributed by atoms with Gasteiger partial charge >= 0.3 is 0 Å². The maximum absolute atomic E-state index is 9.19. The third kappa shape index (κ3) is 3.55. The van der Waals surface area contributed by atoms with Crippen molar-refractivity contribution in [1.82, 2.24) is 4.90 Å². The first-order chi connectivity index (χ1) is 8.29. The highest BCUT2D eigenvalue weighted by Gasteiger charge is 2.21. The summed E-state index contributed by atoms with van der Waals surface area (Å²) in [4.78, 5) is 2.45. The molecule has 0 atom stereocenters. The number of hydrogen-bond acceptors (Lipinski definition) is 2. The highest BCUT2D eigenvalue weighted by molar-refractivity contribution is 5.22. The Morgan fingerprint density at radius 3 is 2.71 bits per heavy atom. The highest BCUT2D eigenvalue weighted by Crippen LogP contribution is 2.24. The van der Waals surface area contributed by atoms with E-state index < -0.39 is 0 Å². The largest absolute Gasteiger partial charge is 0.395 e. The highest BCUT2D eigenvalue weighted by atomic mass is 16.3. The topological polar surface area (TPSA) is 23.5 Å². The summed E-state index contributed by atoms with van der Waals surface area (Å²) < 4.78 is 0. The summed E-state index contributed by atoms with van der Waals surface area (Å²) in [6.45, 7) is 4.18. The molecule has 1 saturated carbocycles. The first kappa shape index (κ1) is 12.6. The smallest absolute Gasteiger partial charge is 0.0558 e. The molecule has 0 aliphatic heterocycles. The molecule has 0 saturated heterocycles. The van der Waals surface area contributed by atoms with Crippen molar-refractivity contribution in [1.29, 1.82) is 0 Å². The van der Waals surface area contributed by atoms with Gasteiger partial charge in [0.25, 0.3) is 0 Å². The summed E-state index contributed by atoms with van der Waals surface area (Å²) >= 11 is 0. The maximum Gasteiger partial charge on any atom is 0.0558 e. The zero-order valence-corrected chi connectivity index (χ0v) is 10.7. The molecule has 1 aliphatic rings. The van der Waals surface area contributed by atoms with Crippen LogP contribution in [0.1, 0.15) is 36.8 Å². The van der Waals surface area contributed by atoms with Crippen molar-refractivity contribution < 1.29 is 5.11 Å². The molecule has 2 rings (SSSR count). The number of rotatable bonds is 5. The van der Waals surface area contributed by atoms with Crippen LogP contribution in [0.2, 0.25) is 0 Å². The fourth-order valence-electron chi connectivity index (χ4n) is 2.83. The van der Waals surface area contributed by atoms with E-state index in [4.69, 9.17) is 0 Å². The van der Waals surface area contributed by atoms with E-state index in [0.29, 0.717) is 6.04 Å². The molecule has 0 heterocycles. The second-order valence-electron chi connectivity index (χ2n) is 5.12. The second kappa shape index (κ2) is 6.18. The van der Waals surface area contributed by atoms with Gasteiger partial charge in [-0.1, -0.05) is 42.7 Å². The molecule has 0 unspecified atom stereocenters. The average Bonchev–Trinajstić information content (AvgIpc) is 2.82. The van der Waals surface area contributed by atoms with Crippen molar-refractivity contribution in [2.24, 2.45) is 0 Å². The molecular formula is C15H23NO. The van der Waals surface area contributed by atoms with Gasteiger partial charge in [0.1, 0.15) is 0 Å². The zero-order chi connectivity index (χ0) is 12.1. The summed E-state index contributed by atoms with van der Waals surface area (Å²) in [6, 6.07) is 9.38. The Bertz CT molecular complexity index is 345. The fraction of sp³-hybridized carbons (Fsp3) is 0.600. The lowest BCUT2D eigenvalue weighted by atomic mass is 10.1. The molecule has 0 spiro atoms. The second-order valence-corrected chi connectivity index (χ2v) is 5.12. The van der Waals surface area contributed by atoms with Gasteiger partial charge in [-0.05, 0) is 25.3 Å². The van der Waals surface area contributed by atoms with Gasteiger partial charge in [-0.25, -0.2) is 0 Å². The SMILES string of the molecule is Cc1cccc(CN(CCO)C2CCCC2)c1. The normalized spacial score (nSPS) is 16.9. The van der Waals surface area contributed by atoms with E-state index in [1.165, 1.54) is 36.8 Å². The van der Waals surface area contributed by atoms with Crippen LogP contribution < -0.4 is 0 Å². The molecule has 1 N–H and O–H groups in total. The number of benzene rings is 1. The van der Waals surface area contributed by atoms with E-state index in [1.807, 2.05) is 0 Å². The van der Waals surface area contributed by atoms with E-state index in [-0.39, 0.29) is 6.61 Å². The molecule has 0 aromatic heterocycles. The minimum atomic E-state index is 0.266. The molecule has 0 bridgehead atoms. The Morgan fingerprint density at radius 1 is 1.29 bits per heavy atom. The van der Waals surface area contributed by atoms with E-state index in [1.54, 1.807) is 0 Å². The van der Waals surface area contributed by atoms with Crippen LogP contribution in [-0.4, -0.2) is 29.2 Å². The number of aliphatic hydroxyl groups excluding tert-OH is 1. The van der Waals surface area contributed by atoms with Gasteiger partial charge in [-0.2, -0.15) is 0 Å². The quantitative estimate of drug-likeness (QED) is 0.845. The summed E-state index contributed by atoms with van der Waals surface area (Å²) in [5.41, 5.74) is 2.68. The van der Waals surface area contributed by atoms with Gasteiger partial charge in [0.2, 0.25) is 0 Å². The summed E-state index contributed by atoms with van der Waals surface area (Å²) in [5.74, 6) is 0. The van der Waals surface area contributed by atoms with Crippen molar-refractivity contribution in [2.45, 2.75) is 45.2 Å². The lowest BCUT2D eigenvalue weighted by Gasteiger charge is -2.28. The fourth-order valence-corrected chi connectivity index (χ4v) is 2.83. The summed E-state index contributed by atoms with van der Waals surface area (Å²) in [7, 11) is 0. The third-order valence-corrected chi connectivity index (χ3v) is 3.70. The molecule has 0 amide bonds. The molecule has 2 heteroatoms. The summed E-state index contributed by atoms with van der Waals surface area (Å²) in [5, 5.41) is 9.19. The molecule has 1 aliphatic carbocycles. The lowest BCUT2D eigenvalue weighted by Crippen LogP contribution is -2.35. The van der Waals surface area contributed by atoms with Gasteiger partial charge in [0, 0.05) is 19.1 Å². The predicted molar refractivity (Wildman–Crippen MR) is 70.9 cm³/mol. The monoisotopic (exact) mass is 233 g/mol. The van der Waals surface area contributed by atoms with Crippen LogP contribution in [0.4, 0.5) is 0 Å². The van der Waals surface area contributed by atoms with E-state index in [9.17, 15) is 5.11 Å². The minimum absolute atomic E-state index is 0.266. The molecule has 94 valence electrons. The van der Waals surface area contributed by atoms with Crippen LogP contribution in [0.25, 0.3) is 0 Å². The Hall–Kier alpha value is -0.860. The standard InChI is InChI=1S/C15H23NO/c1-13-5-4-6-14(11-13)12-16(9-10-17)15-7-2-3-8-15/h4-6,11,15,17H,2-3,7-10,12H2,1H3. The first-order valence-corrected chi connectivity index (χ1v) is 6.70. The molecular weight excluding hydrogens is 210 g/mol. The van der Waals surface area contributed by atoms with Crippen LogP contribution in [-0.2, 0) is 6.54 Å². The van der Waals surface area contributed by atoms with Gasteiger partial charge in [-0.15, -0.1) is 0 Å². The number of aliphatic hydroxyl groups is 1. The molecule has 0 radical (unpaired) electrons. The maximum atomic E-state index is 9.19. The van der Waals surface area contributed by atoms with Crippen molar-refractivity contribution in [3.05, 3.63) is 35.4 Å². The minimum Gasteiger partial charge on any atom is -0.395 e. The van der Waals surface area contributed by atoms with Gasteiger partial charge in [0.05, 0.1) is 6.61 Å². The number of hydrogen-bond donors (Lipinski definition) is 1. The van der Waals surface area contributed by atoms with E-state index in [0.717, 1.165) is 13.1 Å². The van der Waals surface area contributed by atoms with Crippen molar-refractivity contribution in [2.75, 3.05) is 13.2 Å². The Balaban J connectivity index is 2.01. The Labute approximate surface area is 104 Å². The van der Waals surface area contributed by atoms with Crippen LogP contribution >= 0.6 is 0 Å². The van der Waals surface area contributed by atoms with Crippen LogP contribution in [0.15, 0.2) is 24.3 Å². The lowest BCUT2D eigenvalue weighted by molar-refractivity contribution is 0.145.